The fraction of sp³-hybridized carbons (Fsp3) is 1.00. The molecule has 1 heteroatoms. The molecule has 0 saturated heterocycles. The number of rotatable bonds is 7. The highest BCUT2D eigenvalue weighted by Crippen LogP contribution is 2.23. The Balaban J connectivity index is 3.61. The summed E-state index contributed by atoms with van der Waals surface area (Å²) in [5.41, 5.74) is 0.457. The van der Waals surface area contributed by atoms with Crippen molar-refractivity contribution in [2.45, 2.75) is 66.8 Å². The molecule has 0 aliphatic carbocycles. The predicted molar refractivity (Wildman–Crippen MR) is 65.6 cm³/mol. The van der Waals surface area contributed by atoms with Crippen molar-refractivity contribution in [1.82, 2.24) is 5.32 Å². The molecule has 14 heavy (non-hydrogen) atoms. The Kier molecular flexibility index (Phi) is 6.43. The largest absolute Gasteiger partial charge is 0.314 e. The van der Waals surface area contributed by atoms with Gasteiger partial charge in [-0.2, -0.15) is 0 Å². The highest BCUT2D eigenvalue weighted by molar-refractivity contribution is 4.72. The molecule has 0 aromatic rings. The third-order valence-corrected chi connectivity index (χ3v) is 2.62. The summed E-state index contributed by atoms with van der Waals surface area (Å²) in [6.45, 7) is 14.9. The molecule has 0 aliphatic heterocycles. The van der Waals surface area contributed by atoms with Crippen LogP contribution in [0.1, 0.15) is 60.8 Å². The third kappa shape index (κ3) is 8.55. The average Bonchev–Trinajstić information content (AvgIpc) is 2.00. The maximum absolute atomic E-state index is 3.52. The van der Waals surface area contributed by atoms with Gasteiger partial charge in [0.25, 0.3) is 0 Å². The van der Waals surface area contributed by atoms with Gasteiger partial charge in [-0.05, 0) is 17.8 Å². The lowest BCUT2D eigenvalue weighted by atomic mass is 9.86. The smallest absolute Gasteiger partial charge is 0.00106 e. The monoisotopic (exact) mass is 199 g/mol. The van der Waals surface area contributed by atoms with Gasteiger partial charge in [0.05, 0.1) is 0 Å². The molecule has 1 N–H and O–H groups in total. The van der Waals surface area contributed by atoms with E-state index in [1.807, 2.05) is 0 Å². The zero-order valence-electron chi connectivity index (χ0n) is 11.0. The van der Waals surface area contributed by atoms with Crippen LogP contribution in [0.15, 0.2) is 0 Å². The maximum Gasteiger partial charge on any atom is 0.00106 e. The lowest BCUT2D eigenvalue weighted by molar-refractivity contribution is 0.287. The van der Waals surface area contributed by atoms with Crippen molar-refractivity contribution in [2.24, 2.45) is 11.3 Å². The van der Waals surface area contributed by atoms with Crippen molar-refractivity contribution in [3.63, 3.8) is 0 Å². The van der Waals surface area contributed by atoms with Crippen LogP contribution in [0.25, 0.3) is 0 Å². The molecule has 1 nitrogen and oxygen atoms in total. The van der Waals surface area contributed by atoms with Gasteiger partial charge in [-0.25, -0.2) is 0 Å². The summed E-state index contributed by atoms with van der Waals surface area (Å²) in [7, 11) is 0. The van der Waals surface area contributed by atoms with E-state index in [0.29, 0.717) is 11.5 Å². The first-order valence-electron chi connectivity index (χ1n) is 6.07. The molecule has 0 heterocycles. The fourth-order valence-electron chi connectivity index (χ4n) is 1.56. The molecule has 86 valence electrons. The summed E-state index contributed by atoms with van der Waals surface area (Å²) in [5, 5.41) is 3.52. The minimum atomic E-state index is 0.457. The normalized spacial score (nSPS) is 12.9. The average molecular weight is 199 g/mol. The SMILES string of the molecule is CC(C)CCCC(C)(C)CNC(C)C. The molecule has 0 radical (unpaired) electrons. The first-order valence-corrected chi connectivity index (χ1v) is 6.07. The van der Waals surface area contributed by atoms with Gasteiger partial charge in [0.1, 0.15) is 0 Å². The molecular formula is C13H29N. The Morgan fingerprint density at radius 3 is 2.07 bits per heavy atom. The first-order chi connectivity index (χ1) is 6.33. The zero-order chi connectivity index (χ0) is 11.2. The third-order valence-electron chi connectivity index (χ3n) is 2.62. The number of hydrogen-bond donors (Lipinski definition) is 1. The van der Waals surface area contributed by atoms with Crippen molar-refractivity contribution in [3.05, 3.63) is 0 Å². The molecule has 0 unspecified atom stereocenters. The minimum absolute atomic E-state index is 0.457. The van der Waals surface area contributed by atoms with Crippen LogP contribution >= 0.6 is 0 Å². The lowest BCUT2D eigenvalue weighted by Crippen LogP contribution is -2.33. The topological polar surface area (TPSA) is 12.0 Å². The van der Waals surface area contributed by atoms with E-state index in [-0.39, 0.29) is 0 Å². The van der Waals surface area contributed by atoms with Crippen LogP contribution in [0.3, 0.4) is 0 Å². The van der Waals surface area contributed by atoms with Gasteiger partial charge in [-0.1, -0.05) is 54.4 Å². The van der Waals surface area contributed by atoms with E-state index in [0.717, 1.165) is 12.5 Å². The molecule has 0 rings (SSSR count). The second-order valence-electron chi connectivity index (χ2n) is 5.99. The summed E-state index contributed by atoms with van der Waals surface area (Å²) in [4.78, 5) is 0. The van der Waals surface area contributed by atoms with Gasteiger partial charge in [0.2, 0.25) is 0 Å². The molecule has 0 aromatic heterocycles. The highest BCUT2D eigenvalue weighted by Gasteiger charge is 2.17. The van der Waals surface area contributed by atoms with Gasteiger partial charge in [0.15, 0.2) is 0 Å². The van der Waals surface area contributed by atoms with E-state index in [9.17, 15) is 0 Å². The summed E-state index contributed by atoms with van der Waals surface area (Å²) in [6, 6.07) is 0.611. The minimum Gasteiger partial charge on any atom is -0.314 e. The van der Waals surface area contributed by atoms with Crippen LogP contribution in [-0.4, -0.2) is 12.6 Å². The Hall–Kier alpha value is -0.0400. The molecule has 0 spiro atoms. The van der Waals surface area contributed by atoms with Crippen LogP contribution in [0.4, 0.5) is 0 Å². The summed E-state index contributed by atoms with van der Waals surface area (Å²) in [6.07, 6.45) is 4.07. The molecule has 0 amide bonds. The molecule has 0 saturated carbocycles. The van der Waals surface area contributed by atoms with Crippen molar-refractivity contribution in [2.75, 3.05) is 6.54 Å². The Morgan fingerprint density at radius 2 is 1.64 bits per heavy atom. The van der Waals surface area contributed by atoms with Crippen molar-refractivity contribution in [3.8, 4) is 0 Å². The van der Waals surface area contributed by atoms with E-state index >= 15 is 0 Å². The van der Waals surface area contributed by atoms with Crippen LogP contribution in [0.5, 0.6) is 0 Å². The van der Waals surface area contributed by atoms with Crippen LogP contribution < -0.4 is 5.32 Å². The van der Waals surface area contributed by atoms with Gasteiger partial charge in [0, 0.05) is 12.6 Å². The summed E-state index contributed by atoms with van der Waals surface area (Å²) >= 11 is 0. The molecule has 0 bridgehead atoms. The molecular weight excluding hydrogens is 170 g/mol. The lowest BCUT2D eigenvalue weighted by Gasteiger charge is -2.26. The first kappa shape index (κ1) is 14.0. The highest BCUT2D eigenvalue weighted by atomic mass is 14.9. The van der Waals surface area contributed by atoms with Gasteiger partial charge in [-0.15, -0.1) is 0 Å². The summed E-state index contributed by atoms with van der Waals surface area (Å²) < 4.78 is 0. The van der Waals surface area contributed by atoms with Crippen LogP contribution in [0.2, 0.25) is 0 Å². The maximum atomic E-state index is 3.52. The van der Waals surface area contributed by atoms with Crippen molar-refractivity contribution in [1.29, 1.82) is 0 Å². The zero-order valence-corrected chi connectivity index (χ0v) is 11.0. The Labute approximate surface area is 90.7 Å². The van der Waals surface area contributed by atoms with Gasteiger partial charge in [-0.3, -0.25) is 0 Å². The van der Waals surface area contributed by atoms with Gasteiger partial charge < -0.3 is 5.32 Å². The molecule has 0 aliphatic rings. The van der Waals surface area contributed by atoms with E-state index in [4.69, 9.17) is 0 Å². The summed E-state index contributed by atoms with van der Waals surface area (Å²) in [5.74, 6) is 0.851. The standard InChI is InChI=1S/C13H29N/c1-11(2)8-7-9-13(5,6)10-14-12(3)4/h11-12,14H,7-10H2,1-6H3. The van der Waals surface area contributed by atoms with Crippen molar-refractivity contribution >= 4 is 0 Å². The van der Waals surface area contributed by atoms with Crippen LogP contribution in [0, 0.1) is 11.3 Å². The Bertz CT molecular complexity index is 136. The van der Waals surface area contributed by atoms with Crippen LogP contribution in [-0.2, 0) is 0 Å². The predicted octanol–water partition coefficient (Wildman–Crippen LogP) is 3.84. The number of hydrogen-bond acceptors (Lipinski definition) is 1. The van der Waals surface area contributed by atoms with E-state index in [1.54, 1.807) is 0 Å². The second kappa shape index (κ2) is 6.44. The quantitative estimate of drug-likeness (QED) is 0.657. The van der Waals surface area contributed by atoms with E-state index < -0.39 is 0 Å². The molecule has 0 atom stereocenters. The molecule has 0 aromatic carbocycles. The number of nitrogens with one attached hydrogen (secondary N) is 1. The second-order valence-corrected chi connectivity index (χ2v) is 5.99. The van der Waals surface area contributed by atoms with Gasteiger partial charge >= 0.3 is 0 Å². The van der Waals surface area contributed by atoms with E-state index in [2.05, 4.69) is 46.9 Å². The fourth-order valence-corrected chi connectivity index (χ4v) is 1.56. The van der Waals surface area contributed by atoms with Crippen molar-refractivity contribution < 1.29 is 0 Å². The molecule has 0 fully saturated rings. The Morgan fingerprint density at radius 1 is 1.07 bits per heavy atom. The van der Waals surface area contributed by atoms with E-state index in [1.165, 1.54) is 19.3 Å².